The molecule has 5 rings (SSSR count). The molecule has 178 valence electrons. The van der Waals surface area contributed by atoms with Crippen LogP contribution in [0.4, 0.5) is 0 Å². The minimum absolute atomic E-state index is 0.122. The zero-order valence-electron chi connectivity index (χ0n) is 20.4. The molecule has 4 heteroatoms. The predicted molar refractivity (Wildman–Crippen MR) is 125 cm³/mol. The molecule has 0 bridgehead atoms. The first-order chi connectivity index (χ1) is 14.6. The van der Waals surface area contributed by atoms with Gasteiger partial charge in [0.15, 0.2) is 0 Å². The Labute approximate surface area is 190 Å². The molecule has 0 radical (unpaired) electrons. The molecule has 5 aliphatic rings. The number of nitrogens with one attached hydrogen (secondary N) is 1. The van der Waals surface area contributed by atoms with E-state index in [2.05, 4.69) is 33.0 Å². The molecule has 1 heterocycles. The molecule has 0 amide bonds. The summed E-state index contributed by atoms with van der Waals surface area (Å²) in [6, 6.07) is 0.538. The standard InChI is InChI=1S/C27H48N2O2/c1-15-11-23(31)25(29-14-15)16(2)24-22(30)13-21-19-6-5-17-12-18(28)7-9-26(17,3)20(19)8-10-27(21,24)4/h15-25,29-31H,5-14,28H2,1-4H3/t15-,16-,17+,18+,19-,20+,21+,22-,23+,24-,25+,26+,27+/m1/s1. The van der Waals surface area contributed by atoms with Gasteiger partial charge in [-0.2, -0.15) is 0 Å². The van der Waals surface area contributed by atoms with Gasteiger partial charge >= 0.3 is 0 Å². The molecular weight excluding hydrogens is 384 g/mol. The van der Waals surface area contributed by atoms with Crippen molar-refractivity contribution in [2.24, 2.45) is 58.0 Å². The number of aliphatic hydroxyl groups is 2. The molecule has 31 heavy (non-hydrogen) atoms. The molecule has 0 unspecified atom stereocenters. The Bertz CT molecular complexity index is 672. The van der Waals surface area contributed by atoms with Gasteiger partial charge in [-0.25, -0.2) is 0 Å². The van der Waals surface area contributed by atoms with Gasteiger partial charge in [0.25, 0.3) is 0 Å². The van der Waals surface area contributed by atoms with Gasteiger partial charge in [0.05, 0.1) is 12.2 Å². The van der Waals surface area contributed by atoms with E-state index in [1.807, 2.05) is 0 Å². The number of hydrogen-bond acceptors (Lipinski definition) is 4. The molecule has 0 aromatic rings. The number of piperidine rings is 1. The van der Waals surface area contributed by atoms with Crippen molar-refractivity contribution in [2.45, 2.75) is 110 Å². The van der Waals surface area contributed by atoms with Crippen LogP contribution in [-0.4, -0.2) is 41.0 Å². The van der Waals surface area contributed by atoms with Crippen LogP contribution in [0.2, 0.25) is 0 Å². The van der Waals surface area contributed by atoms with Crippen LogP contribution < -0.4 is 11.1 Å². The number of rotatable bonds is 2. The largest absolute Gasteiger partial charge is 0.393 e. The average Bonchev–Trinajstić information content (AvgIpc) is 2.98. The Morgan fingerprint density at radius 3 is 2.39 bits per heavy atom. The SMILES string of the molecule is C[C@H]1CN[C@@H]([C@H](C)[C@@H]2[C@H](O)C[C@H]3[C@@H]4CC[C@H]5C[C@@H](N)CC[C@]5(C)[C@H]4CC[C@]23C)[C@@H](O)C1. The Kier molecular flexibility index (Phi) is 5.81. The summed E-state index contributed by atoms with van der Waals surface area (Å²) in [6.45, 7) is 10.6. The van der Waals surface area contributed by atoms with Gasteiger partial charge in [-0.3, -0.25) is 0 Å². The van der Waals surface area contributed by atoms with Crippen LogP contribution in [0, 0.1) is 52.3 Å². The summed E-state index contributed by atoms with van der Waals surface area (Å²) >= 11 is 0. The summed E-state index contributed by atoms with van der Waals surface area (Å²) in [5.41, 5.74) is 7.05. The van der Waals surface area contributed by atoms with Crippen LogP contribution in [0.25, 0.3) is 0 Å². The van der Waals surface area contributed by atoms with Gasteiger partial charge in [0.1, 0.15) is 0 Å². The second kappa shape index (κ2) is 7.96. The minimum atomic E-state index is -0.286. The summed E-state index contributed by atoms with van der Waals surface area (Å²) in [6.07, 6.45) is 10.4. The molecule has 4 nitrogen and oxygen atoms in total. The highest BCUT2D eigenvalue weighted by Gasteiger charge is 2.63. The molecule has 0 aromatic carbocycles. The molecule has 1 saturated heterocycles. The lowest BCUT2D eigenvalue weighted by atomic mass is 9.44. The van der Waals surface area contributed by atoms with E-state index >= 15 is 0 Å². The van der Waals surface area contributed by atoms with E-state index in [0.717, 1.165) is 37.1 Å². The summed E-state index contributed by atoms with van der Waals surface area (Å²) in [5.74, 6) is 4.18. The molecular formula is C27H48N2O2. The lowest BCUT2D eigenvalue weighted by Gasteiger charge is -2.61. The molecule has 4 saturated carbocycles. The molecule has 0 aromatic heterocycles. The molecule has 5 fully saturated rings. The van der Waals surface area contributed by atoms with Crippen LogP contribution >= 0.6 is 0 Å². The van der Waals surface area contributed by atoms with Gasteiger partial charge < -0.3 is 21.3 Å². The summed E-state index contributed by atoms with van der Waals surface area (Å²) < 4.78 is 0. The van der Waals surface area contributed by atoms with Crippen LogP contribution in [0.1, 0.15) is 85.5 Å². The Balaban J connectivity index is 1.38. The maximum absolute atomic E-state index is 11.4. The van der Waals surface area contributed by atoms with Crippen LogP contribution in [0.3, 0.4) is 0 Å². The van der Waals surface area contributed by atoms with Crippen molar-refractivity contribution in [2.75, 3.05) is 6.54 Å². The molecule has 1 aliphatic heterocycles. The first-order valence-electron chi connectivity index (χ1n) is 13.5. The van der Waals surface area contributed by atoms with Crippen LogP contribution in [-0.2, 0) is 0 Å². The van der Waals surface area contributed by atoms with Gasteiger partial charge in [0, 0.05) is 12.1 Å². The Hall–Kier alpha value is -0.160. The Morgan fingerprint density at radius 1 is 0.903 bits per heavy atom. The van der Waals surface area contributed by atoms with E-state index in [9.17, 15) is 10.2 Å². The van der Waals surface area contributed by atoms with Crippen LogP contribution in [0.5, 0.6) is 0 Å². The zero-order valence-corrected chi connectivity index (χ0v) is 20.4. The van der Waals surface area contributed by atoms with Crippen molar-refractivity contribution >= 4 is 0 Å². The van der Waals surface area contributed by atoms with Crippen molar-refractivity contribution in [3.8, 4) is 0 Å². The molecule has 0 spiro atoms. The highest BCUT2D eigenvalue weighted by molar-refractivity contribution is 5.13. The number of nitrogens with two attached hydrogens (primary N) is 1. The highest BCUT2D eigenvalue weighted by atomic mass is 16.3. The van der Waals surface area contributed by atoms with E-state index in [-0.39, 0.29) is 23.7 Å². The lowest BCUT2D eigenvalue weighted by molar-refractivity contribution is -0.120. The van der Waals surface area contributed by atoms with Gasteiger partial charge in [0.2, 0.25) is 0 Å². The quantitative estimate of drug-likeness (QED) is 0.533. The first-order valence-corrected chi connectivity index (χ1v) is 13.5. The van der Waals surface area contributed by atoms with Gasteiger partial charge in [-0.1, -0.05) is 27.7 Å². The minimum Gasteiger partial charge on any atom is -0.393 e. The maximum Gasteiger partial charge on any atom is 0.0698 e. The van der Waals surface area contributed by atoms with E-state index in [0.29, 0.717) is 35.1 Å². The van der Waals surface area contributed by atoms with Crippen molar-refractivity contribution in [1.29, 1.82) is 0 Å². The van der Waals surface area contributed by atoms with E-state index in [4.69, 9.17) is 5.73 Å². The number of fused-ring (bicyclic) bond motifs is 5. The second-order valence-electron chi connectivity index (χ2n) is 13.3. The van der Waals surface area contributed by atoms with Crippen molar-refractivity contribution < 1.29 is 10.2 Å². The first kappa shape index (κ1) is 22.6. The smallest absolute Gasteiger partial charge is 0.0698 e. The van der Waals surface area contributed by atoms with Gasteiger partial charge in [-0.15, -0.1) is 0 Å². The molecule has 4 aliphatic carbocycles. The normalized spacial score (nSPS) is 58.2. The maximum atomic E-state index is 11.4. The lowest BCUT2D eigenvalue weighted by Crippen LogP contribution is -2.57. The van der Waals surface area contributed by atoms with E-state index < -0.39 is 0 Å². The predicted octanol–water partition coefficient (Wildman–Crippen LogP) is 3.94. The average molecular weight is 433 g/mol. The molecule has 5 N–H and O–H groups in total. The van der Waals surface area contributed by atoms with Crippen molar-refractivity contribution in [1.82, 2.24) is 5.32 Å². The summed E-state index contributed by atoms with van der Waals surface area (Å²) in [7, 11) is 0. The van der Waals surface area contributed by atoms with E-state index in [1.54, 1.807) is 0 Å². The fraction of sp³-hybridized carbons (Fsp3) is 1.00. The highest BCUT2D eigenvalue weighted by Crippen LogP contribution is 2.68. The fourth-order valence-electron chi connectivity index (χ4n) is 10.2. The summed E-state index contributed by atoms with van der Waals surface area (Å²) in [4.78, 5) is 0. The third-order valence-electron chi connectivity index (χ3n) is 11.7. The van der Waals surface area contributed by atoms with E-state index in [1.165, 1.54) is 44.9 Å². The number of aliphatic hydroxyl groups excluding tert-OH is 2. The van der Waals surface area contributed by atoms with Gasteiger partial charge in [-0.05, 0) is 117 Å². The zero-order chi connectivity index (χ0) is 22.1. The third-order valence-corrected chi connectivity index (χ3v) is 11.7. The van der Waals surface area contributed by atoms with Crippen LogP contribution in [0.15, 0.2) is 0 Å². The second-order valence-corrected chi connectivity index (χ2v) is 13.3. The fourth-order valence-corrected chi connectivity index (χ4v) is 10.2. The number of hydrogen-bond donors (Lipinski definition) is 4. The Morgan fingerprint density at radius 2 is 1.65 bits per heavy atom. The third kappa shape index (κ3) is 3.45. The molecule has 13 atom stereocenters. The van der Waals surface area contributed by atoms with Crippen molar-refractivity contribution in [3.05, 3.63) is 0 Å². The summed E-state index contributed by atoms with van der Waals surface area (Å²) in [5, 5.41) is 25.9. The monoisotopic (exact) mass is 432 g/mol. The topological polar surface area (TPSA) is 78.5 Å². The van der Waals surface area contributed by atoms with Crippen molar-refractivity contribution in [3.63, 3.8) is 0 Å².